The summed E-state index contributed by atoms with van der Waals surface area (Å²) in [5.41, 5.74) is 0.403. The predicted octanol–water partition coefficient (Wildman–Crippen LogP) is 2.18. The van der Waals surface area contributed by atoms with Crippen LogP contribution in [0.1, 0.15) is 25.7 Å². The normalized spacial score (nSPS) is 36.3. The van der Waals surface area contributed by atoms with Gasteiger partial charge in [0.25, 0.3) is 0 Å². The molecule has 0 spiro atoms. The Morgan fingerprint density at radius 3 is 2.30 bits per heavy atom. The van der Waals surface area contributed by atoms with Crippen molar-refractivity contribution in [2.45, 2.75) is 31.8 Å². The van der Waals surface area contributed by atoms with Crippen molar-refractivity contribution < 1.29 is 4.74 Å². The van der Waals surface area contributed by atoms with Gasteiger partial charge in [0.05, 0.1) is 6.10 Å². The van der Waals surface area contributed by atoms with Crippen molar-refractivity contribution in [3.05, 3.63) is 0 Å². The Balaban J connectivity index is 1.96. The van der Waals surface area contributed by atoms with E-state index in [1.54, 1.807) is 0 Å². The van der Waals surface area contributed by atoms with Crippen molar-refractivity contribution in [3.63, 3.8) is 0 Å². The highest BCUT2D eigenvalue weighted by molar-refractivity contribution is 6.18. The molecule has 1 aliphatic carbocycles. The monoisotopic (exact) mass is 160 g/mol. The lowest BCUT2D eigenvalue weighted by Gasteiger charge is -2.50. The minimum Gasteiger partial charge on any atom is -0.377 e. The zero-order valence-corrected chi connectivity index (χ0v) is 6.86. The number of alkyl halides is 1. The molecule has 1 saturated heterocycles. The minimum atomic E-state index is 0.403. The van der Waals surface area contributed by atoms with E-state index in [1.165, 1.54) is 25.7 Å². The smallest absolute Gasteiger partial charge is 0.0664 e. The average molecular weight is 161 g/mol. The minimum absolute atomic E-state index is 0.403. The van der Waals surface area contributed by atoms with E-state index < -0.39 is 0 Å². The molecule has 0 aromatic rings. The first kappa shape index (κ1) is 6.93. The third-order valence-electron chi connectivity index (χ3n) is 3.00. The Morgan fingerprint density at radius 1 is 1.50 bits per heavy atom. The van der Waals surface area contributed by atoms with Gasteiger partial charge in [0.2, 0.25) is 0 Å². The summed E-state index contributed by atoms with van der Waals surface area (Å²) < 4.78 is 5.44. The van der Waals surface area contributed by atoms with Crippen LogP contribution in [0.4, 0.5) is 0 Å². The van der Waals surface area contributed by atoms with Gasteiger partial charge in [0, 0.05) is 17.9 Å². The zero-order chi connectivity index (χ0) is 7.03. The van der Waals surface area contributed by atoms with Gasteiger partial charge in [0.1, 0.15) is 0 Å². The average Bonchev–Trinajstić information content (AvgIpc) is 1.73. The fourth-order valence-electron chi connectivity index (χ4n) is 1.89. The van der Waals surface area contributed by atoms with Crippen molar-refractivity contribution in [2.24, 2.45) is 5.41 Å². The van der Waals surface area contributed by atoms with Gasteiger partial charge in [0.15, 0.2) is 0 Å². The molecular formula is C8H13ClO. The molecule has 1 saturated carbocycles. The van der Waals surface area contributed by atoms with Crippen LogP contribution in [0.15, 0.2) is 0 Å². The van der Waals surface area contributed by atoms with Crippen LogP contribution in [0.5, 0.6) is 0 Å². The van der Waals surface area contributed by atoms with Crippen LogP contribution in [0.25, 0.3) is 0 Å². The number of ether oxygens (including phenoxy) is 1. The quantitative estimate of drug-likeness (QED) is 0.563. The maximum absolute atomic E-state index is 5.89. The Labute approximate surface area is 66.7 Å². The van der Waals surface area contributed by atoms with E-state index in [0.29, 0.717) is 11.5 Å². The maximum atomic E-state index is 5.89. The van der Waals surface area contributed by atoms with E-state index >= 15 is 0 Å². The summed E-state index contributed by atoms with van der Waals surface area (Å²) in [6, 6.07) is 0. The molecule has 1 unspecified atom stereocenters. The molecule has 1 heterocycles. The maximum Gasteiger partial charge on any atom is 0.0664 e. The van der Waals surface area contributed by atoms with E-state index in [1.807, 2.05) is 0 Å². The molecule has 2 rings (SSSR count). The van der Waals surface area contributed by atoms with Gasteiger partial charge in [-0.2, -0.15) is 0 Å². The van der Waals surface area contributed by atoms with Gasteiger partial charge in [-0.25, -0.2) is 0 Å². The molecule has 10 heavy (non-hydrogen) atoms. The van der Waals surface area contributed by atoms with Gasteiger partial charge in [-0.3, -0.25) is 0 Å². The highest BCUT2D eigenvalue weighted by Crippen LogP contribution is 2.49. The van der Waals surface area contributed by atoms with Gasteiger partial charge >= 0.3 is 0 Å². The SMILES string of the molecule is ClCC1(C2CCO2)CCC1. The van der Waals surface area contributed by atoms with Crippen LogP contribution in [0.3, 0.4) is 0 Å². The van der Waals surface area contributed by atoms with E-state index in [0.717, 1.165) is 12.5 Å². The summed E-state index contributed by atoms with van der Waals surface area (Å²) in [5, 5.41) is 0. The van der Waals surface area contributed by atoms with Crippen LogP contribution in [0.2, 0.25) is 0 Å². The molecule has 0 aromatic carbocycles. The zero-order valence-electron chi connectivity index (χ0n) is 6.11. The molecule has 2 fully saturated rings. The number of hydrogen-bond acceptors (Lipinski definition) is 1. The van der Waals surface area contributed by atoms with Crippen molar-refractivity contribution in [1.82, 2.24) is 0 Å². The predicted molar refractivity (Wildman–Crippen MR) is 41.4 cm³/mol. The Morgan fingerprint density at radius 2 is 2.20 bits per heavy atom. The van der Waals surface area contributed by atoms with Crippen LogP contribution in [-0.4, -0.2) is 18.6 Å². The first-order valence-electron chi connectivity index (χ1n) is 4.05. The highest BCUT2D eigenvalue weighted by atomic mass is 35.5. The molecule has 1 atom stereocenters. The van der Waals surface area contributed by atoms with Gasteiger partial charge in [-0.05, 0) is 19.3 Å². The van der Waals surface area contributed by atoms with Gasteiger partial charge in [-0.15, -0.1) is 11.6 Å². The fraction of sp³-hybridized carbons (Fsp3) is 1.00. The number of hydrogen-bond donors (Lipinski definition) is 0. The lowest BCUT2D eigenvalue weighted by molar-refractivity contribution is -0.146. The molecule has 2 heteroatoms. The summed E-state index contributed by atoms with van der Waals surface area (Å²) in [5.74, 6) is 0.803. The summed E-state index contributed by atoms with van der Waals surface area (Å²) in [6.07, 6.45) is 5.69. The first-order chi connectivity index (χ1) is 4.87. The molecule has 0 aromatic heterocycles. The van der Waals surface area contributed by atoms with E-state index in [-0.39, 0.29) is 0 Å². The second kappa shape index (κ2) is 2.38. The number of rotatable bonds is 2. The standard InChI is InChI=1S/C8H13ClO/c9-6-8(3-1-4-8)7-2-5-10-7/h7H,1-6H2. The summed E-state index contributed by atoms with van der Waals surface area (Å²) in [6.45, 7) is 0.962. The highest BCUT2D eigenvalue weighted by Gasteiger charge is 2.46. The molecule has 1 nitrogen and oxygen atoms in total. The van der Waals surface area contributed by atoms with Crippen LogP contribution >= 0.6 is 11.6 Å². The molecule has 58 valence electrons. The summed E-state index contributed by atoms with van der Waals surface area (Å²) in [7, 11) is 0. The Bertz CT molecular complexity index is 122. The molecule has 0 radical (unpaired) electrons. The van der Waals surface area contributed by atoms with E-state index in [9.17, 15) is 0 Å². The van der Waals surface area contributed by atoms with E-state index in [4.69, 9.17) is 16.3 Å². The molecule has 0 amide bonds. The van der Waals surface area contributed by atoms with Crippen molar-refractivity contribution >= 4 is 11.6 Å². The molecule has 0 N–H and O–H groups in total. The fourth-order valence-corrected chi connectivity index (χ4v) is 2.33. The summed E-state index contributed by atoms with van der Waals surface area (Å²) >= 11 is 5.89. The van der Waals surface area contributed by atoms with E-state index in [2.05, 4.69) is 0 Å². The molecule has 0 bridgehead atoms. The number of halogens is 1. The topological polar surface area (TPSA) is 9.23 Å². The Kier molecular flexibility index (Phi) is 1.65. The van der Waals surface area contributed by atoms with Crippen LogP contribution < -0.4 is 0 Å². The molecule has 2 aliphatic rings. The second-order valence-electron chi connectivity index (χ2n) is 3.50. The summed E-state index contributed by atoms with van der Waals surface area (Å²) in [4.78, 5) is 0. The third kappa shape index (κ3) is 0.802. The van der Waals surface area contributed by atoms with Crippen molar-refractivity contribution in [2.75, 3.05) is 12.5 Å². The van der Waals surface area contributed by atoms with Gasteiger partial charge < -0.3 is 4.74 Å². The third-order valence-corrected chi connectivity index (χ3v) is 3.53. The first-order valence-corrected chi connectivity index (χ1v) is 4.58. The lowest BCUT2D eigenvalue weighted by atomic mass is 9.64. The Hall–Kier alpha value is 0.250. The van der Waals surface area contributed by atoms with Gasteiger partial charge in [-0.1, -0.05) is 6.42 Å². The molecular weight excluding hydrogens is 148 g/mol. The largest absolute Gasteiger partial charge is 0.377 e. The van der Waals surface area contributed by atoms with Crippen molar-refractivity contribution in [3.8, 4) is 0 Å². The van der Waals surface area contributed by atoms with Crippen LogP contribution in [0, 0.1) is 5.41 Å². The van der Waals surface area contributed by atoms with Crippen LogP contribution in [-0.2, 0) is 4.74 Å². The lowest BCUT2D eigenvalue weighted by Crippen LogP contribution is -2.49. The van der Waals surface area contributed by atoms with Crippen molar-refractivity contribution in [1.29, 1.82) is 0 Å². The molecule has 1 aliphatic heterocycles. The second-order valence-corrected chi connectivity index (χ2v) is 3.76.